The van der Waals surface area contributed by atoms with E-state index in [1.54, 1.807) is 0 Å². The molecule has 2 aliphatic rings. The highest BCUT2D eigenvalue weighted by molar-refractivity contribution is 5.64. The van der Waals surface area contributed by atoms with Gasteiger partial charge in [0.1, 0.15) is 48.6 Å². The number of aromatic nitrogens is 2. The third-order valence-electron chi connectivity index (χ3n) is 4.81. The number of hydroxylamine groups is 2. The Kier molecular flexibility index (Phi) is 5.29. The molecule has 4 rings (SSSR count). The van der Waals surface area contributed by atoms with Crippen molar-refractivity contribution in [2.45, 2.75) is 37.3 Å². The van der Waals surface area contributed by atoms with Crippen LogP contribution in [0.1, 0.15) is 23.7 Å². The Morgan fingerprint density at radius 3 is 2.76 bits per heavy atom. The van der Waals surface area contributed by atoms with Crippen LogP contribution in [0.2, 0.25) is 0 Å². The lowest BCUT2D eigenvalue weighted by molar-refractivity contribution is -0.137. The van der Waals surface area contributed by atoms with Gasteiger partial charge in [-0.2, -0.15) is 0 Å². The third-order valence-corrected chi connectivity index (χ3v) is 4.81. The molecule has 0 amide bonds. The summed E-state index contributed by atoms with van der Waals surface area (Å²) in [5, 5.41) is 30.5. The van der Waals surface area contributed by atoms with Crippen molar-refractivity contribution in [3.05, 3.63) is 47.4 Å². The van der Waals surface area contributed by atoms with Gasteiger partial charge in [-0.05, 0) is 18.2 Å². The molecule has 1 aromatic carbocycles. The van der Waals surface area contributed by atoms with E-state index in [-0.39, 0.29) is 23.7 Å². The first-order chi connectivity index (χ1) is 13.9. The minimum Gasteiger partial charge on any atom is -0.394 e. The predicted molar refractivity (Wildman–Crippen MR) is 93.3 cm³/mol. The number of rotatable bonds is 5. The maximum Gasteiger partial charge on any atom is 0.165 e. The Labute approximate surface area is 163 Å². The fourth-order valence-corrected chi connectivity index (χ4v) is 3.22. The molecule has 10 nitrogen and oxygen atoms in total. The summed E-state index contributed by atoms with van der Waals surface area (Å²) >= 11 is 0. The Morgan fingerprint density at radius 2 is 2.03 bits per heavy atom. The summed E-state index contributed by atoms with van der Waals surface area (Å²) in [6.07, 6.45) is -2.89. The molecule has 0 bridgehead atoms. The number of aliphatic imine (C=N–C) groups is 1. The molecule has 5 atom stereocenters. The van der Waals surface area contributed by atoms with Crippen molar-refractivity contribution in [1.82, 2.24) is 14.6 Å². The van der Waals surface area contributed by atoms with Gasteiger partial charge in [-0.1, -0.05) is 0 Å². The van der Waals surface area contributed by atoms with Crippen molar-refractivity contribution in [3.8, 4) is 0 Å². The SMILES string of the molecule is NC1c2ncn([C@@H]3O[C@H](CO)C(O)C3O)c2N=CN1OCc1cc(F)ccc1F. The smallest absolute Gasteiger partial charge is 0.165 e. The van der Waals surface area contributed by atoms with Crippen molar-refractivity contribution in [3.63, 3.8) is 0 Å². The van der Waals surface area contributed by atoms with Gasteiger partial charge in [0.2, 0.25) is 0 Å². The van der Waals surface area contributed by atoms with Crippen LogP contribution >= 0.6 is 0 Å². The second kappa shape index (κ2) is 7.74. The molecule has 5 N–H and O–H groups in total. The Morgan fingerprint density at radius 1 is 1.24 bits per heavy atom. The van der Waals surface area contributed by atoms with Gasteiger partial charge in [0, 0.05) is 5.56 Å². The quantitative estimate of drug-likeness (QED) is 0.532. The fourth-order valence-electron chi connectivity index (χ4n) is 3.22. The molecule has 29 heavy (non-hydrogen) atoms. The highest BCUT2D eigenvalue weighted by Crippen LogP contribution is 2.37. The van der Waals surface area contributed by atoms with E-state index in [1.165, 1.54) is 17.2 Å². The van der Waals surface area contributed by atoms with E-state index in [1.807, 2.05) is 0 Å². The minimum absolute atomic E-state index is 0.00781. The highest BCUT2D eigenvalue weighted by Gasteiger charge is 2.44. The number of ether oxygens (including phenoxy) is 1. The topological polar surface area (TPSA) is 139 Å². The number of nitrogens with zero attached hydrogens (tertiary/aromatic N) is 4. The third kappa shape index (κ3) is 3.50. The van der Waals surface area contributed by atoms with Gasteiger partial charge in [-0.3, -0.25) is 9.40 Å². The lowest BCUT2D eigenvalue weighted by atomic mass is 10.1. The van der Waals surface area contributed by atoms with Gasteiger partial charge < -0.3 is 25.8 Å². The summed E-state index contributed by atoms with van der Waals surface area (Å²) in [5.41, 5.74) is 6.41. The van der Waals surface area contributed by atoms with Gasteiger partial charge in [0.15, 0.2) is 18.2 Å². The van der Waals surface area contributed by atoms with Crippen LogP contribution in [0.25, 0.3) is 0 Å². The molecule has 0 aliphatic carbocycles. The number of nitrogens with two attached hydrogens (primary N) is 1. The van der Waals surface area contributed by atoms with E-state index in [9.17, 15) is 24.1 Å². The molecule has 1 saturated heterocycles. The second-order valence-electron chi connectivity index (χ2n) is 6.65. The molecule has 1 aromatic heterocycles. The molecular formula is C17H19F2N5O5. The lowest BCUT2D eigenvalue weighted by Crippen LogP contribution is -2.36. The van der Waals surface area contributed by atoms with E-state index in [2.05, 4.69) is 9.98 Å². The standard InChI is InChI=1S/C17H19F2N5O5/c18-9-1-2-10(19)8(3-9)5-28-24-7-22-16-12(15(24)20)21-6-23(16)17-14(27)13(26)11(4-25)29-17/h1-3,6-7,11,13-15,17,25-27H,4-5,20H2/t11-,13?,14?,15?,17-/m1/s1. The largest absolute Gasteiger partial charge is 0.394 e. The van der Waals surface area contributed by atoms with E-state index in [4.69, 9.17) is 15.3 Å². The lowest BCUT2D eigenvalue weighted by Gasteiger charge is -2.28. The predicted octanol–water partition coefficient (Wildman–Crippen LogP) is -0.163. The van der Waals surface area contributed by atoms with Crippen molar-refractivity contribution in [2.75, 3.05) is 6.61 Å². The van der Waals surface area contributed by atoms with Gasteiger partial charge >= 0.3 is 0 Å². The van der Waals surface area contributed by atoms with Crippen LogP contribution in [0.5, 0.6) is 0 Å². The molecule has 156 valence electrons. The molecule has 3 heterocycles. The zero-order valence-electron chi connectivity index (χ0n) is 15.0. The van der Waals surface area contributed by atoms with E-state index in [0.717, 1.165) is 23.3 Å². The van der Waals surface area contributed by atoms with Crippen molar-refractivity contribution < 1.29 is 33.7 Å². The van der Waals surface area contributed by atoms with Crippen LogP contribution in [0.4, 0.5) is 14.6 Å². The summed E-state index contributed by atoms with van der Waals surface area (Å²) in [7, 11) is 0. The fraction of sp³-hybridized carbons (Fsp3) is 0.412. The summed E-state index contributed by atoms with van der Waals surface area (Å²) in [6, 6.07) is 3.02. The molecule has 0 radical (unpaired) electrons. The molecule has 0 saturated carbocycles. The molecule has 2 aromatic rings. The number of hydrogen-bond donors (Lipinski definition) is 4. The van der Waals surface area contributed by atoms with E-state index in [0.29, 0.717) is 0 Å². The highest BCUT2D eigenvalue weighted by atomic mass is 19.1. The summed E-state index contributed by atoms with van der Waals surface area (Å²) < 4.78 is 33.9. The van der Waals surface area contributed by atoms with Crippen LogP contribution < -0.4 is 5.73 Å². The van der Waals surface area contributed by atoms with Crippen molar-refractivity contribution in [2.24, 2.45) is 10.7 Å². The molecular weight excluding hydrogens is 392 g/mol. The monoisotopic (exact) mass is 411 g/mol. The van der Waals surface area contributed by atoms with Gasteiger partial charge in [-0.15, -0.1) is 0 Å². The molecule has 3 unspecified atom stereocenters. The van der Waals surface area contributed by atoms with Crippen LogP contribution in [-0.4, -0.2) is 61.2 Å². The number of halogens is 2. The second-order valence-corrected chi connectivity index (χ2v) is 6.65. The van der Waals surface area contributed by atoms with Gasteiger partial charge in [0.25, 0.3) is 0 Å². The molecule has 2 aliphatic heterocycles. The van der Waals surface area contributed by atoms with E-state index < -0.39 is 48.9 Å². The number of aliphatic hydroxyl groups is 3. The van der Waals surface area contributed by atoms with Crippen LogP contribution in [0, 0.1) is 11.6 Å². The average molecular weight is 411 g/mol. The zero-order chi connectivity index (χ0) is 20.7. The Bertz CT molecular complexity index is 926. The minimum atomic E-state index is -1.30. The average Bonchev–Trinajstić information content (AvgIpc) is 3.25. The molecule has 0 spiro atoms. The van der Waals surface area contributed by atoms with Crippen molar-refractivity contribution in [1.29, 1.82) is 0 Å². The first-order valence-electron chi connectivity index (χ1n) is 8.75. The first-order valence-corrected chi connectivity index (χ1v) is 8.75. The summed E-state index contributed by atoms with van der Waals surface area (Å²) in [4.78, 5) is 13.8. The number of aliphatic hydroxyl groups excluding tert-OH is 3. The van der Waals surface area contributed by atoms with E-state index >= 15 is 0 Å². The van der Waals surface area contributed by atoms with Crippen LogP contribution in [0.15, 0.2) is 29.5 Å². The molecule has 1 fully saturated rings. The Balaban J connectivity index is 1.50. The summed E-state index contributed by atoms with van der Waals surface area (Å²) in [6.45, 7) is -0.749. The molecule has 12 heteroatoms. The normalized spacial score (nSPS) is 28.8. The summed E-state index contributed by atoms with van der Waals surface area (Å²) in [5.74, 6) is -0.950. The maximum absolute atomic E-state index is 13.7. The number of benzene rings is 1. The first kappa shape index (κ1) is 19.8. The van der Waals surface area contributed by atoms with Crippen LogP contribution in [-0.2, 0) is 16.2 Å². The van der Waals surface area contributed by atoms with Gasteiger partial charge in [-0.25, -0.2) is 23.8 Å². The zero-order valence-corrected chi connectivity index (χ0v) is 15.0. The maximum atomic E-state index is 13.7. The number of imidazole rings is 1. The number of hydrogen-bond acceptors (Lipinski definition) is 9. The van der Waals surface area contributed by atoms with Gasteiger partial charge in [0.05, 0.1) is 12.9 Å². The van der Waals surface area contributed by atoms with Crippen molar-refractivity contribution >= 4 is 12.2 Å². The Hall–Kier alpha value is -2.48. The van der Waals surface area contributed by atoms with Crippen LogP contribution in [0.3, 0.4) is 0 Å². The number of fused-ring (bicyclic) bond motifs is 1.